The first-order valence-electron chi connectivity index (χ1n) is 8.57. The number of hydrogen-bond acceptors (Lipinski definition) is 6. The van der Waals surface area contributed by atoms with E-state index in [-0.39, 0.29) is 6.04 Å². The Kier molecular flexibility index (Phi) is 3.97. The molecule has 1 aliphatic carbocycles. The Morgan fingerprint density at radius 1 is 1.04 bits per heavy atom. The third-order valence-electron chi connectivity index (χ3n) is 5.52. The van der Waals surface area contributed by atoms with Crippen molar-refractivity contribution in [2.45, 2.75) is 38.0 Å². The fourth-order valence-corrected chi connectivity index (χ4v) is 4.09. The summed E-state index contributed by atoms with van der Waals surface area (Å²) in [5, 5.41) is 32.2. The first-order valence-corrected chi connectivity index (χ1v) is 8.57. The predicted molar refractivity (Wildman–Crippen MR) is 88.5 cm³/mol. The van der Waals surface area contributed by atoms with E-state index in [0.29, 0.717) is 24.7 Å². The normalized spacial score (nSPS) is 31.0. The summed E-state index contributed by atoms with van der Waals surface area (Å²) in [4.78, 5) is 2.19. The van der Waals surface area contributed by atoms with Crippen LogP contribution in [0, 0.1) is 11.8 Å². The average Bonchev–Trinajstić information content (AvgIpc) is 3.22. The molecule has 128 valence electrons. The smallest absolute Gasteiger partial charge is 0.246 e. The molecule has 2 fully saturated rings. The van der Waals surface area contributed by atoms with E-state index in [2.05, 4.69) is 39.5 Å². The van der Waals surface area contributed by atoms with Crippen LogP contribution < -0.4 is 4.90 Å². The molecule has 1 aromatic carbocycles. The number of aliphatic hydroxyl groups is 2. The molecule has 2 aromatic rings. The maximum atomic E-state index is 9.92. The van der Waals surface area contributed by atoms with Gasteiger partial charge in [-0.05, 0) is 47.6 Å². The second-order valence-electron chi connectivity index (χ2n) is 7.04. The van der Waals surface area contributed by atoms with E-state index in [4.69, 9.17) is 0 Å². The molecule has 0 unspecified atom stereocenters. The first-order chi connectivity index (χ1) is 11.6. The van der Waals surface area contributed by atoms with Crippen molar-refractivity contribution in [2.24, 2.45) is 11.8 Å². The predicted octanol–water partition coefficient (Wildman–Crippen LogP) is 0.850. The molecule has 0 radical (unpaired) electrons. The second-order valence-corrected chi connectivity index (χ2v) is 7.04. The minimum absolute atomic E-state index is 0.0509. The third-order valence-corrected chi connectivity index (χ3v) is 5.52. The number of rotatable bonds is 3. The van der Waals surface area contributed by atoms with Gasteiger partial charge in [0.15, 0.2) is 0 Å². The Morgan fingerprint density at radius 2 is 1.67 bits per heavy atom. The molecular weight excluding hydrogens is 306 g/mol. The van der Waals surface area contributed by atoms with Crippen LogP contribution in [-0.4, -0.2) is 55.7 Å². The Balaban J connectivity index is 1.55. The van der Waals surface area contributed by atoms with Gasteiger partial charge in [0.25, 0.3) is 0 Å². The standard InChI is InChI=1S/C17H23N5O2/c1-11(12-5-3-2-4-6-12)22-17(18-19-20-22)21-9-13-7-15(23)16(24)8-14(13)10-21/h2-6,11,13-16,23-24H,7-10H2,1H3/t11-,13-,14+,15+,16-/m1/s1. The van der Waals surface area contributed by atoms with E-state index in [1.165, 1.54) is 0 Å². The van der Waals surface area contributed by atoms with Crippen LogP contribution in [0.1, 0.15) is 31.4 Å². The number of aromatic nitrogens is 4. The van der Waals surface area contributed by atoms with Crippen LogP contribution in [-0.2, 0) is 0 Å². The van der Waals surface area contributed by atoms with E-state index in [0.717, 1.165) is 24.6 Å². The van der Waals surface area contributed by atoms with Crippen LogP contribution in [0.4, 0.5) is 5.95 Å². The fraction of sp³-hybridized carbons (Fsp3) is 0.588. The van der Waals surface area contributed by atoms with Gasteiger partial charge in [0.05, 0.1) is 18.2 Å². The van der Waals surface area contributed by atoms with E-state index < -0.39 is 12.2 Å². The van der Waals surface area contributed by atoms with Gasteiger partial charge in [-0.2, -0.15) is 0 Å². The molecule has 7 heteroatoms. The Labute approximate surface area is 140 Å². The molecule has 0 amide bonds. The summed E-state index contributed by atoms with van der Waals surface area (Å²) in [6.07, 6.45) is 0.0897. The molecule has 1 aromatic heterocycles. The van der Waals surface area contributed by atoms with Crippen molar-refractivity contribution in [1.29, 1.82) is 0 Å². The molecule has 0 bridgehead atoms. The van der Waals surface area contributed by atoms with Gasteiger partial charge in [-0.1, -0.05) is 35.4 Å². The highest BCUT2D eigenvalue weighted by Crippen LogP contribution is 2.38. The molecule has 5 atom stereocenters. The lowest BCUT2D eigenvalue weighted by atomic mass is 9.79. The zero-order valence-electron chi connectivity index (χ0n) is 13.7. The summed E-state index contributed by atoms with van der Waals surface area (Å²) in [6.45, 7) is 3.75. The highest BCUT2D eigenvalue weighted by atomic mass is 16.3. The lowest BCUT2D eigenvalue weighted by molar-refractivity contribution is -0.0372. The van der Waals surface area contributed by atoms with Gasteiger partial charge in [0.2, 0.25) is 5.95 Å². The second kappa shape index (κ2) is 6.14. The number of nitrogens with zero attached hydrogens (tertiary/aromatic N) is 5. The van der Waals surface area contributed by atoms with Gasteiger partial charge in [0, 0.05) is 13.1 Å². The third kappa shape index (κ3) is 2.67. The summed E-state index contributed by atoms with van der Waals surface area (Å²) in [5.41, 5.74) is 1.16. The van der Waals surface area contributed by atoms with Crippen LogP contribution in [0.3, 0.4) is 0 Å². The maximum absolute atomic E-state index is 9.92. The minimum Gasteiger partial charge on any atom is -0.390 e. The van der Waals surface area contributed by atoms with Crippen LogP contribution in [0.2, 0.25) is 0 Å². The van der Waals surface area contributed by atoms with E-state index in [1.54, 1.807) is 0 Å². The molecule has 2 N–H and O–H groups in total. The van der Waals surface area contributed by atoms with Gasteiger partial charge in [-0.25, -0.2) is 4.68 Å². The lowest BCUT2D eigenvalue weighted by Crippen LogP contribution is -2.38. The molecule has 1 aliphatic heterocycles. The number of anilines is 1. The van der Waals surface area contributed by atoms with Crippen LogP contribution in [0.15, 0.2) is 30.3 Å². The van der Waals surface area contributed by atoms with Gasteiger partial charge in [-0.15, -0.1) is 0 Å². The molecule has 4 rings (SSSR count). The Bertz CT molecular complexity index is 673. The van der Waals surface area contributed by atoms with Crippen LogP contribution >= 0.6 is 0 Å². The topological polar surface area (TPSA) is 87.3 Å². The number of benzene rings is 1. The summed E-state index contributed by atoms with van der Waals surface area (Å²) in [7, 11) is 0. The summed E-state index contributed by atoms with van der Waals surface area (Å²) < 4.78 is 1.86. The highest BCUT2D eigenvalue weighted by Gasteiger charge is 2.42. The highest BCUT2D eigenvalue weighted by molar-refractivity contribution is 5.33. The SMILES string of the molecule is C[C@H](c1ccccc1)n1nnnc1N1C[C@H]2C[C@H](O)[C@H](O)C[C@H]2C1. The quantitative estimate of drug-likeness (QED) is 0.868. The van der Waals surface area contributed by atoms with Crippen molar-refractivity contribution in [1.82, 2.24) is 20.2 Å². The molecule has 2 aliphatic rings. The molecule has 0 spiro atoms. The summed E-state index contributed by atoms with van der Waals surface area (Å²) in [5.74, 6) is 1.55. The van der Waals surface area contributed by atoms with Gasteiger partial charge >= 0.3 is 0 Å². The number of hydrogen-bond donors (Lipinski definition) is 2. The zero-order valence-corrected chi connectivity index (χ0v) is 13.7. The van der Waals surface area contributed by atoms with Crippen molar-refractivity contribution in [3.05, 3.63) is 35.9 Å². The molecular formula is C17H23N5O2. The average molecular weight is 329 g/mol. The minimum atomic E-state index is -0.606. The number of tetrazole rings is 1. The Hall–Kier alpha value is -1.99. The molecule has 1 saturated carbocycles. The van der Waals surface area contributed by atoms with E-state index in [1.807, 2.05) is 22.9 Å². The molecule has 7 nitrogen and oxygen atoms in total. The fourth-order valence-electron chi connectivity index (χ4n) is 4.09. The molecule has 24 heavy (non-hydrogen) atoms. The van der Waals surface area contributed by atoms with Crippen LogP contribution in [0.25, 0.3) is 0 Å². The van der Waals surface area contributed by atoms with Crippen molar-refractivity contribution in [3.63, 3.8) is 0 Å². The van der Waals surface area contributed by atoms with Gasteiger partial charge in [0.1, 0.15) is 0 Å². The number of fused-ring (bicyclic) bond motifs is 1. The van der Waals surface area contributed by atoms with Crippen molar-refractivity contribution < 1.29 is 10.2 Å². The number of aliphatic hydroxyl groups excluding tert-OH is 2. The van der Waals surface area contributed by atoms with Gasteiger partial charge in [-0.3, -0.25) is 0 Å². The van der Waals surface area contributed by atoms with Crippen molar-refractivity contribution in [3.8, 4) is 0 Å². The zero-order chi connectivity index (χ0) is 16.7. The first kappa shape index (κ1) is 15.5. The van der Waals surface area contributed by atoms with Gasteiger partial charge < -0.3 is 15.1 Å². The largest absolute Gasteiger partial charge is 0.390 e. The van der Waals surface area contributed by atoms with Crippen molar-refractivity contribution >= 4 is 5.95 Å². The maximum Gasteiger partial charge on any atom is 0.246 e. The van der Waals surface area contributed by atoms with Crippen molar-refractivity contribution in [2.75, 3.05) is 18.0 Å². The summed E-state index contributed by atoms with van der Waals surface area (Å²) >= 11 is 0. The lowest BCUT2D eigenvalue weighted by Gasteiger charge is -2.31. The van der Waals surface area contributed by atoms with E-state index >= 15 is 0 Å². The Morgan fingerprint density at radius 3 is 2.29 bits per heavy atom. The van der Waals surface area contributed by atoms with E-state index in [9.17, 15) is 10.2 Å². The molecule has 1 saturated heterocycles. The van der Waals surface area contributed by atoms with Crippen LogP contribution in [0.5, 0.6) is 0 Å². The monoisotopic (exact) mass is 329 g/mol. The summed E-state index contributed by atoms with van der Waals surface area (Å²) in [6, 6.07) is 10.2. The molecule has 2 heterocycles.